The van der Waals surface area contributed by atoms with Crippen molar-refractivity contribution < 1.29 is 4.79 Å². The van der Waals surface area contributed by atoms with Crippen molar-refractivity contribution in [3.63, 3.8) is 0 Å². The summed E-state index contributed by atoms with van der Waals surface area (Å²) in [6.07, 6.45) is 4.98. The molecule has 1 N–H and O–H groups in total. The van der Waals surface area contributed by atoms with Crippen molar-refractivity contribution in [1.82, 2.24) is 14.9 Å². The highest BCUT2D eigenvalue weighted by atomic mass is 32.1. The number of fused-ring (bicyclic) bond motifs is 1. The van der Waals surface area contributed by atoms with Crippen molar-refractivity contribution in [3.05, 3.63) is 17.3 Å². The lowest BCUT2D eigenvalue weighted by Crippen LogP contribution is -2.44. The van der Waals surface area contributed by atoms with Crippen LogP contribution in [0.5, 0.6) is 0 Å². The largest absolute Gasteiger partial charge is 0.360 e. The zero-order valence-electron chi connectivity index (χ0n) is 12.4. The van der Waals surface area contributed by atoms with Crippen LogP contribution in [-0.2, 0) is 4.79 Å². The van der Waals surface area contributed by atoms with E-state index >= 15 is 0 Å². The number of piperidine rings is 1. The van der Waals surface area contributed by atoms with Gasteiger partial charge in [-0.05, 0) is 39.2 Å². The van der Waals surface area contributed by atoms with E-state index in [1.807, 2.05) is 4.90 Å². The Bertz CT molecular complexity index is 654. The normalized spacial score (nSPS) is 19.0. The van der Waals surface area contributed by atoms with Crippen LogP contribution in [0.15, 0.2) is 12.4 Å². The molecule has 3 rings (SSSR count). The molecule has 1 fully saturated rings. The number of anilines is 1. The van der Waals surface area contributed by atoms with Gasteiger partial charge in [0, 0.05) is 17.5 Å². The Morgan fingerprint density at radius 2 is 2.33 bits per heavy atom. The van der Waals surface area contributed by atoms with E-state index < -0.39 is 0 Å². The highest BCUT2D eigenvalue weighted by molar-refractivity contribution is 7.18. The molecule has 0 aliphatic carbocycles. The zero-order chi connectivity index (χ0) is 14.8. The Labute approximate surface area is 128 Å². The van der Waals surface area contributed by atoms with Crippen LogP contribution in [0.3, 0.4) is 0 Å². The van der Waals surface area contributed by atoms with Crippen LogP contribution in [0.25, 0.3) is 10.2 Å². The summed E-state index contributed by atoms with van der Waals surface area (Å²) in [7, 11) is 0. The summed E-state index contributed by atoms with van der Waals surface area (Å²) in [5, 5.41) is 4.18. The molecule has 112 valence electrons. The van der Waals surface area contributed by atoms with E-state index in [9.17, 15) is 4.79 Å². The van der Waals surface area contributed by atoms with Gasteiger partial charge >= 0.3 is 0 Å². The molecule has 1 amide bonds. The van der Waals surface area contributed by atoms with Gasteiger partial charge in [-0.1, -0.05) is 0 Å². The van der Waals surface area contributed by atoms with Crippen LogP contribution in [0.4, 0.5) is 5.82 Å². The lowest BCUT2D eigenvalue weighted by Gasteiger charge is -2.33. The van der Waals surface area contributed by atoms with Gasteiger partial charge in [0.1, 0.15) is 17.0 Å². The van der Waals surface area contributed by atoms with Crippen molar-refractivity contribution in [1.29, 1.82) is 0 Å². The molecule has 5 nitrogen and oxygen atoms in total. The number of hydrogen-bond donors (Lipinski definition) is 1. The van der Waals surface area contributed by atoms with Gasteiger partial charge in [0.05, 0.1) is 11.9 Å². The minimum atomic E-state index is 0.154. The fourth-order valence-corrected chi connectivity index (χ4v) is 3.69. The summed E-state index contributed by atoms with van der Waals surface area (Å²) in [6.45, 7) is 5.35. The Balaban J connectivity index is 1.70. The fourth-order valence-electron chi connectivity index (χ4n) is 2.85. The van der Waals surface area contributed by atoms with Gasteiger partial charge in [-0.15, -0.1) is 11.3 Å². The Morgan fingerprint density at radius 3 is 3.14 bits per heavy atom. The molecule has 1 unspecified atom stereocenters. The number of aromatic nitrogens is 2. The molecular formula is C15H20N4OS. The summed E-state index contributed by atoms with van der Waals surface area (Å²) in [5.74, 6) is 0.906. The van der Waals surface area contributed by atoms with Crippen LogP contribution in [-0.4, -0.2) is 39.9 Å². The lowest BCUT2D eigenvalue weighted by atomic mass is 10.0. The molecule has 0 radical (unpaired) electrons. The van der Waals surface area contributed by atoms with Crippen LogP contribution >= 0.6 is 11.3 Å². The molecule has 1 saturated heterocycles. The number of thiophene rings is 1. The van der Waals surface area contributed by atoms with Gasteiger partial charge in [-0.25, -0.2) is 9.97 Å². The van der Waals surface area contributed by atoms with Crippen LogP contribution in [0.1, 0.15) is 31.1 Å². The predicted molar refractivity (Wildman–Crippen MR) is 85.7 cm³/mol. The van der Waals surface area contributed by atoms with E-state index in [0.717, 1.165) is 35.4 Å². The first kappa shape index (κ1) is 14.3. The highest BCUT2D eigenvalue weighted by Gasteiger charge is 2.22. The molecule has 0 saturated carbocycles. The molecule has 21 heavy (non-hydrogen) atoms. The summed E-state index contributed by atoms with van der Waals surface area (Å²) in [4.78, 5) is 25.0. The third-order valence-electron chi connectivity index (χ3n) is 3.98. The van der Waals surface area contributed by atoms with Crippen molar-refractivity contribution >= 4 is 33.3 Å². The van der Waals surface area contributed by atoms with Crippen LogP contribution in [0.2, 0.25) is 0 Å². The zero-order valence-corrected chi connectivity index (χ0v) is 13.2. The minimum Gasteiger partial charge on any atom is -0.360 e. The number of hydrogen-bond acceptors (Lipinski definition) is 5. The summed E-state index contributed by atoms with van der Waals surface area (Å²) in [5.41, 5.74) is 0. The molecule has 0 spiro atoms. The van der Waals surface area contributed by atoms with E-state index in [4.69, 9.17) is 0 Å². The Morgan fingerprint density at radius 1 is 1.48 bits per heavy atom. The lowest BCUT2D eigenvalue weighted by molar-refractivity contribution is -0.132. The third kappa shape index (κ3) is 3.00. The fraction of sp³-hybridized carbons (Fsp3) is 0.533. The molecule has 1 aliphatic heterocycles. The van der Waals surface area contributed by atoms with Gasteiger partial charge < -0.3 is 10.2 Å². The minimum absolute atomic E-state index is 0.154. The summed E-state index contributed by atoms with van der Waals surface area (Å²) in [6, 6.07) is 2.41. The number of nitrogens with zero attached hydrogens (tertiary/aromatic N) is 3. The molecule has 1 atom stereocenters. The average Bonchev–Trinajstić information content (AvgIpc) is 2.86. The van der Waals surface area contributed by atoms with Crippen molar-refractivity contribution in [2.45, 2.75) is 39.2 Å². The third-order valence-corrected chi connectivity index (χ3v) is 4.94. The number of carbonyl (C=O) groups is 1. The average molecular weight is 304 g/mol. The van der Waals surface area contributed by atoms with Crippen LogP contribution < -0.4 is 5.32 Å². The van der Waals surface area contributed by atoms with E-state index in [-0.39, 0.29) is 5.91 Å². The molecule has 0 aromatic carbocycles. The van der Waals surface area contributed by atoms with E-state index in [0.29, 0.717) is 12.6 Å². The molecule has 6 heteroatoms. The van der Waals surface area contributed by atoms with Crippen molar-refractivity contribution in [2.24, 2.45) is 0 Å². The summed E-state index contributed by atoms with van der Waals surface area (Å²) < 4.78 is 0. The van der Waals surface area contributed by atoms with Crippen molar-refractivity contribution in [3.8, 4) is 0 Å². The quantitative estimate of drug-likeness (QED) is 0.947. The SMILES string of the molecule is Cc1cc2c(NCC(=O)N3CCCCC3C)ncnc2s1. The maximum absolute atomic E-state index is 12.3. The first-order valence-corrected chi connectivity index (χ1v) is 8.21. The number of nitrogens with one attached hydrogen (secondary N) is 1. The predicted octanol–water partition coefficient (Wildman–Crippen LogP) is 2.81. The number of rotatable bonds is 3. The number of likely N-dealkylation sites (tertiary alicyclic amines) is 1. The van der Waals surface area contributed by atoms with Gasteiger partial charge in [-0.2, -0.15) is 0 Å². The first-order chi connectivity index (χ1) is 10.1. The van der Waals surface area contributed by atoms with Gasteiger partial charge in [0.15, 0.2) is 0 Å². The Kier molecular flexibility index (Phi) is 4.05. The molecule has 2 aromatic heterocycles. The monoisotopic (exact) mass is 304 g/mol. The van der Waals surface area contributed by atoms with E-state index in [1.54, 1.807) is 17.7 Å². The van der Waals surface area contributed by atoms with Gasteiger partial charge in [0.2, 0.25) is 5.91 Å². The second-order valence-corrected chi connectivity index (χ2v) is 6.82. The topological polar surface area (TPSA) is 58.1 Å². The van der Waals surface area contributed by atoms with E-state index in [1.165, 1.54) is 11.3 Å². The number of aryl methyl sites for hydroxylation is 1. The molecule has 3 heterocycles. The van der Waals surface area contributed by atoms with E-state index in [2.05, 4.69) is 35.2 Å². The van der Waals surface area contributed by atoms with Gasteiger partial charge in [0.25, 0.3) is 0 Å². The highest BCUT2D eigenvalue weighted by Crippen LogP contribution is 2.27. The molecule has 2 aromatic rings. The molecule has 0 bridgehead atoms. The second kappa shape index (κ2) is 5.97. The molecular weight excluding hydrogens is 284 g/mol. The smallest absolute Gasteiger partial charge is 0.242 e. The number of carbonyl (C=O) groups excluding carboxylic acids is 1. The van der Waals surface area contributed by atoms with Crippen molar-refractivity contribution in [2.75, 3.05) is 18.4 Å². The second-order valence-electron chi connectivity index (χ2n) is 5.58. The Hall–Kier alpha value is -1.69. The maximum Gasteiger partial charge on any atom is 0.242 e. The van der Waals surface area contributed by atoms with Crippen LogP contribution in [0, 0.1) is 6.92 Å². The van der Waals surface area contributed by atoms with Gasteiger partial charge in [-0.3, -0.25) is 4.79 Å². The first-order valence-electron chi connectivity index (χ1n) is 7.39. The standard InChI is InChI=1S/C15H20N4OS/c1-10-5-3-4-6-19(10)13(20)8-16-14-12-7-11(2)21-15(12)18-9-17-14/h7,9-10H,3-6,8H2,1-2H3,(H,16,17,18). The summed E-state index contributed by atoms with van der Waals surface area (Å²) >= 11 is 1.64. The number of amides is 1. The maximum atomic E-state index is 12.3. The molecule has 1 aliphatic rings.